The van der Waals surface area contributed by atoms with Crippen molar-refractivity contribution in [3.8, 4) is 17.2 Å². The normalized spacial score (nSPS) is 13.0. The van der Waals surface area contributed by atoms with E-state index >= 15 is 0 Å². The number of amides is 1. The van der Waals surface area contributed by atoms with Crippen molar-refractivity contribution in [1.82, 2.24) is 5.32 Å². The van der Waals surface area contributed by atoms with Crippen LogP contribution in [-0.2, 0) is 16.1 Å². The van der Waals surface area contributed by atoms with Gasteiger partial charge >= 0.3 is 5.97 Å². The van der Waals surface area contributed by atoms with Crippen molar-refractivity contribution in [2.24, 2.45) is 0 Å². The van der Waals surface area contributed by atoms with Crippen LogP contribution in [0.15, 0.2) is 42.5 Å². The van der Waals surface area contributed by atoms with Crippen LogP contribution in [-0.4, -0.2) is 31.9 Å². The molecule has 7 heteroatoms. The van der Waals surface area contributed by atoms with Crippen LogP contribution in [0.2, 0.25) is 0 Å². The van der Waals surface area contributed by atoms with Gasteiger partial charge in [-0.25, -0.2) is 4.79 Å². The zero-order valence-corrected chi connectivity index (χ0v) is 14.5. The Morgan fingerprint density at radius 3 is 2.58 bits per heavy atom. The number of esters is 1. The Morgan fingerprint density at radius 1 is 1.12 bits per heavy atom. The van der Waals surface area contributed by atoms with Gasteiger partial charge in [-0.15, -0.1) is 0 Å². The van der Waals surface area contributed by atoms with E-state index in [-0.39, 0.29) is 12.7 Å². The first-order valence-corrected chi connectivity index (χ1v) is 8.08. The summed E-state index contributed by atoms with van der Waals surface area (Å²) in [6.07, 6.45) is -0.925. The first-order chi connectivity index (χ1) is 12.6. The van der Waals surface area contributed by atoms with Crippen molar-refractivity contribution in [2.75, 3.05) is 13.9 Å². The van der Waals surface area contributed by atoms with Gasteiger partial charge in [-0.05, 0) is 42.8 Å². The van der Waals surface area contributed by atoms with Gasteiger partial charge in [0.2, 0.25) is 6.79 Å². The summed E-state index contributed by atoms with van der Waals surface area (Å²) in [6.45, 7) is 1.97. The summed E-state index contributed by atoms with van der Waals surface area (Å²) in [6, 6.07) is 12.1. The molecule has 0 aliphatic carbocycles. The second-order valence-electron chi connectivity index (χ2n) is 5.68. The van der Waals surface area contributed by atoms with E-state index in [0.717, 1.165) is 11.3 Å². The van der Waals surface area contributed by atoms with Gasteiger partial charge < -0.3 is 24.3 Å². The second-order valence-corrected chi connectivity index (χ2v) is 5.68. The molecule has 0 bridgehead atoms. The van der Waals surface area contributed by atoms with Crippen LogP contribution >= 0.6 is 0 Å². The molecule has 1 aliphatic rings. The minimum Gasteiger partial charge on any atom is -0.497 e. The maximum atomic E-state index is 12.2. The first kappa shape index (κ1) is 17.6. The highest BCUT2D eigenvalue weighted by molar-refractivity contribution is 5.92. The summed E-state index contributed by atoms with van der Waals surface area (Å²) < 4.78 is 20.7. The van der Waals surface area contributed by atoms with Crippen LogP contribution < -0.4 is 19.5 Å². The molecule has 2 aromatic carbocycles. The van der Waals surface area contributed by atoms with Crippen LogP contribution in [0.3, 0.4) is 0 Å². The Kier molecular flexibility index (Phi) is 5.26. The molecule has 3 rings (SSSR count). The lowest BCUT2D eigenvalue weighted by Crippen LogP contribution is -2.35. The van der Waals surface area contributed by atoms with E-state index in [2.05, 4.69) is 5.32 Å². The second kappa shape index (κ2) is 7.77. The van der Waals surface area contributed by atoms with E-state index in [1.165, 1.54) is 13.0 Å². The van der Waals surface area contributed by atoms with Gasteiger partial charge in [-0.1, -0.05) is 12.1 Å². The average molecular weight is 357 g/mol. The smallest absolute Gasteiger partial charge is 0.339 e. The number of benzene rings is 2. The Balaban J connectivity index is 1.52. The number of rotatable bonds is 6. The van der Waals surface area contributed by atoms with Crippen molar-refractivity contribution >= 4 is 11.9 Å². The number of hydrogen-bond acceptors (Lipinski definition) is 6. The molecule has 7 nitrogen and oxygen atoms in total. The Morgan fingerprint density at radius 2 is 1.85 bits per heavy atom. The van der Waals surface area contributed by atoms with Gasteiger partial charge in [0.1, 0.15) is 5.75 Å². The van der Waals surface area contributed by atoms with Crippen LogP contribution in [0.4, 0.5) is 0 Å². The molecule has 0 saturated carbocycles. The number of ether oxygens (including phenoxy) is 4. The fraction of sp³-hybridized carbons (Fsp3) is 0.263. The van der Waals surface area contributed by atoms with Gasteiger partial charge in [0.15, 0.2) is 17.6 Å². The zero-order chi connectivity index (χ0) is 18.5. The lowest BCUT2D eigenvalue weighted by atomic mass is 10.2. The van der Waals surface area contributed by atoms with Crippen LogP contribution in [0.1, 0.15) is 22.8 Å². The average Bonchev–Trinajstić information content (AvgIpc) is 3.14. The van der Waals surface area contributed by atoms with Crippen LogP contribution in [0, 0.1) is 0 Å². The quantitative estimate of drug-likeness (QED) is 0.799. The van der Waals surface area contributed by atoms with Crippen molar-refractivity contribution in [3.63, 3.8) is 0 Å². The highest BCUT2D eigenvalue weighted by Gasteiger charge is 2.21. The van der Waals surface area contributed by atoms with Crippen molar-refractivity contribution in [1.29, 1.82) is 0 Å². The zero-order valence-electron chi connectivity index (χ0n) is 14.5. The molecular formula is C19H19NO6. The lowest BCUT2D eigenvalue weighted by molar-refractivity contribution is -0.129. The van der Waals surface area contributed by atoms with E-state index in [0.29, 0.717) is 23.6 Å². The molecule has 1 atom stereocenters. The molecule has 0 radical (unpaired) electrons. The summed E-state index contributed by atoms with van der Waals surface area (Å²) in [7, 11) is 1.59. The summed E-state index contributed by atoms with van der Waals surface area (Å²) in [4.78, 5) is 24.3. The number of fused-ring (bicyclic) bond motifs is 1. The molecule has 0 aromatic heterocycles. The van der Waals surface area contributed by atoms with Gasteiger partial charge in [0, 0.05) is 6.54 Å². The summed E-state index contributed by atoms with van der Waals surface area (Å²) in [5.41, 5.74) is 1.21. The summed E-state index contributed by atoms with van der Waals surface area (Å²) >= 11 is 0. The maximum Gasteiger partial charge on any atom is 0.339 e. The highest BCUT2D eigenvalue weighted by Crippen LogP contribution is 2.32. The number of carbonyl (C=O) groups is 2. The van der Waals surface area contributed by atoms with Crippen LogP contribution in [0.5, 0.6) is 17.2 Å². The van der Waals surface area contributed by atoms with E-state index in [1.807, 2.05) is 24.3 Å². The van der Waals surface area contributed by atoms with E-state index in [1.54, 1.807) is 19.2 Å². The molecule has 26 heavy (non-hydrogen) atoms. The Labute approximate surface area is 150 Å². The van der Waals surface area contributed by atoms with Crippen molar-refractivity contribution < 1.29 is 28.5 Å². The molecule has 2 aromatic rings. The molecule has 0 unspecified atom stereocenters. The number of nitrogens with one attached hydrogen (secondary N) is 1. The molecule has 1 N–H and O–H groups in total. The van der Waals surface area contributed by atoms with Gasteiger partial charge in [0.25, 0.3) is 5.91 Å². The summed E-state index contributed by atoms with van der Waals surface area (Å²) in [5, 5.41) is 2.73. The molecular weight excluding hydrogens is 338 g/mol. The third-order valence-electron chi connectivity index (χ3n) is 3.89. The SMILES string of the molecule is COc1ccc(CNC(=O)[C@H](C)OC(=O)c2ccc3c(c2)OCO3)cc1. The number of hydrogen-bond donors (Lipinski definition) is 1. The lowest BCUT2D eigenvalue weighted by Gasteiger charge is -2.14. The van der Waals surface area contributed by atoms with Gasteiger partial charge in [-0.2, -0.15) is 0 Å². The van der Waals surface area contributed by atoms with E-state index in [4.69, 9.17) is 18.9 Å². The molecule has 1 amide bonds. The maximum absolute atomic E-state index is 12.2. The third-order valence-corrected chi connectivity index (χ3v) is 3.89. The molecule has 0 fully saturated rings. The van der Waals surface area contributed by atoms with Gasteiger partial charge in [0.05, 0.1) is 12.7 Å². The predicted octanol–water partition coefficient (Wildman–Crippen LogP) is 2.29. The van der Waals surface area contributed by atoms with E-state index < -0.39 is 12.1 Å². The Bertz CT molecular complexity index is 802. The topological polar surface area (TPSA) is 83.1 Å². The van der Waals surface area contributed by atoms with Crippen molar-refractivity contribution in [3.05, 3.63) is 53.6 Å². The van der Waals surface area contributed by atoms with Crippen molar-refractivity contribution in [2.45, 2.75) is 19.6 Å². The number of carbonyl (C=O) groups excluding carboxylic acids is 2. The Hall–Kier alpha value is -3.22. The van der Waals surface area contributed by atoms with E-state index in [9.17, 15) is 9.59 Å². The fourth-order valence-corrected chi connectivity index (χ4v) is 2.38. The number of methoxy groups -OCH3 is 1. The molecule has 136 valence electrons. The summed E-state index contributed by atoms with van der Waals surface area (Å²) in [5.74, 6) is 0.819. The first-order valence-electron chi connectivity index (χ1n) is 8.08. The standard InChI is InChI=1S/C19H19NO6/c1-12(18(21)20-10-13-3-6-15(23-2)7-4-13)26-19(22)14-5-8-16-17(9-14)25-11-24-16/h3-9,12H,10-11H2,1-2H3,(H,20,21)/t12-/m0/s1. The monoisotopic (exact) mass is 357 g/mol. The highest BCUT2D eigenvalue weighted by atomic mass is 16.7. The molecule has 1 heterocycles. The fourth-order valence-electron chi connectivity index (χ4n) is 2.38. The minimum atomic E-state index is -0.925. The third kappa shape index (κ3) is 4.05. The molecule has 0 saturated heterocycles. The largest absolute Gasteiger partial charge is 0.497 e. The van der Waals surface area contributed by atoms with Gasteiger partial charge in [-0.3, -0.25) is 4.79 Å². The molecule has 1 aliphatic heterocycles. The molecule has 0 spiro atoms. The van der Waals surface area contributed by atoms with Crippen LogP contribution in [0.25, 0.3) is 0 Å². The minimum absolute atomic E-state index is 0.123. The predicted molar refractivity (Wildman–Crippen MR) is 92.3 cm³/mol.